The molecule has 2 N–H and O–H groups in total. The van der Waals surface area contributed by atoms with Crippen molar-refractivity contribution < 1.29 is 23.8 Å². The summed E-state index contributed by atoms with van der Waals surface area (Å²) in [6.45, 7) is 3.12. The van der Waals surface area contributed by atoms with Crippen LogP contribution in [0.3, 0.4) is 0 Å². The van der Waals surface area contributed by atoms with Crippen molar-refractivity contribution in [3.05, 3.63) is 64.9 Å². The van der Waals surface area contributed by atoms with Crippen LogP contribution in [0.2, 0.25) is 0 Å². The molecule has 2 aromatic heterocycles. The molecule has 0 saturated carbocycles. The summed E-state index contributed by atoms with van der Waals surface area (Å²) in [5, 5.41) is 10.1. The maximum absolute atomic E-state index is 12.6. The molecule has 0 fully saturated rings. The van der Waals surface area contributed by atoms with Crippen molar-refractivity contribution in [2.75, 3.05) is 32.2 Å². The summed E-state index contributed by atoms with van der Waals surface area (Å²) in [7, 11) is 1.54. The van der Waals surface area contributed by atoms with E-state index in [0.717, 1.165) is 0 Å². The first-order chi connectivity index (χ1) is 19.0. The highest BCUT2D eigenvalue weighted by Gasteiger charge is 2.21. The van der Waals surface area contributed by atoms with Gasteiger partial charge in [0.05, 0.1) is 36.1 Å². The molecule has 1 aliphatic rings. The zero-order valence-electron chi connectivity index (χ0n) is 21.2. The normalized spacial score (nSPS) is 12.3. The predicted octanol–water partition coefficient (Wildman–Crippen LogP) is 3.94. The fraction of sp³-hybridized carbons (Fsp3) is 0.222. The zero-order chi connectivity index (χ0) is 27.4. The van der Waals surface area contributed by atoms with Gasteiger partial charge in [-0.05, 0) is 59.3 Å². The molecule has 2 aromatic carbocycles. The van der Waals surface area contributed by atoms with Gasteiger partial charge in [-0.3, -0.25) is 14.3 Å². The van der Waals surface area contributed by atoms with Crippen LogP contribution in [0.5, 0.6) is 17.2 Å². The van der Waals surface area contributed by atoms with Crippen LogP contribution in [0.4, 0.5) is 5.69 Å². The third-order valence-corrected chi connectivity index (χ3v) is 6.43. The molecule has 0 unspecified atom stereocenters. The zero-order valence-corrected chi connectivity index (χ0v) is 22.8. The molecular weight excluding hydrogens is 568 g/mol. The van der Waals surface area contributed by atoms with Crippen molar-refractivity contribution in [3.63, 3.8) is 0 Å². The summed E-state index contributed by atoms with van der Waals surface area (Å²) in [6.07, 6.45) is 1.64. The number of fused-ring (bicyclic) bond motifs is 1. The number of nitrogens with one attached hydrogen (secondary N) is 2. The number of rotatable bonds is 9. The maximum atomic E-state index is 12.6. The Balaban J connectivity index is 1.37. The van der Waals surface area contributed by atoms with Crippen LogP contribution in [0.25, 0.3) is 22.8 Å². The van der Waals surface area contributed by atoms with Crippen LogP contribution < -0.4 is 24.8 Å². The number of para-hydroxylation sites is 2. The number of aromatic nitrogens is 4. The number of carbonyl (C=O) groups excluding carboxylic acids is 2. The van der Waals surface area contributed by atoms with E-state index in [1.54, 1.807) is 53.3 Å². The highest BCUT2D eigenvalue weighted by Crippen LogP contribution is 2.39. The van der Waals surface area contributed by atoms with Gasteiger partial charge < -0.3 is 24.8 Å². The second-order valence-corrected chi connectivity index (χ2v) is 9.27. The summed E-state index contributed by atoms with van der Waals surface area (Å²) >= 11 is 3.54. The van der Waals surface area contributed by atoms with Crippen LogP contribution in [0.15, 0.2) is 59.2 Å². The second-order valence-electron chi connectivity index (χ2n) is 8.41. The summed E-state index contributed by atoms with van der Waals surface area (Å²) in [6, 6.07) is 14.1. The first-order valence-electron chi connectivity index (χ1n) is 12.2. The molecule has 5 rings (SSSR count). The molecule has 4 aromatic rings. The van der Waals surface area contributed by atoms with Gasteiger partial charge in [0.1, 0.15) is 17.1 Å². The lowest BCUT2D eigenvalue weighted by atomic mass is 10.1. The number of hydrogen-bond acceptors (Lipinski definition) is 8. The third-order valence-electron chi connectivity index (χ3n) is 5.84. The lowest BCUT2D eigenvalue weighted by molar-refractivity contribution is -0.118. The molecule has 0 bridgehead atoms. The van der Waals surface area contributed by atoms with E-state index in [4.69, 9.17) is 14.2 Å². The first kappa shape index (κ1) is 26.2. The Morgan fingerprint density at radius 3 is 2.77 bits per heavy atom. The smallest absolute Gasteiger partial charge is 0.269 e. The Kier molecular flexibility index (Phi) is 7.73. The molecule has 12 heteroatoms. The quantitative estimate of drug-likeness (QED) is 0.299. The van der Waals surface area contributed by atoms with Gasteiger partial charge in [-0.15, -0.1) is 0 Å². The number of amides is 2. The van der Waals surface area contributed by atoms with E-state index < -0.39 is 0 Å². The summed E-state index contributed by atoms with van der Waals surface area (Å²) in [4.78, 5) is 33.8. The minimum atomic E-state index is -0.356. The first-order valence-corrected chi connectivity index (χ1v) is 13.0. The van der Waals surface area contributed by atoms with Crippen LogP contribution in [0, 0.1) is 0 Å². The molecule has 0 spiro atoms. The Morgan fingerprint density at radius 2 is 1.97 bits per heavy atom. The Hall–Kier alpha value is -4.45. The van der Waals surface area contributed by atoms with Crippen molar-refractivity contribution in [2.24, 2.45) is 0 Å². The second kappa shape index (κ2) is 11.5. The topological polar surface area (TPSA) is 129 Å². The predicted molar refractivity (Wildman–Crippen MR) is 147 cm³/mol. The van der Waals surface area contributed by atoms with Crippen LogP contribution in [-0.2, 0) is 11.3 Å². The van der Waals surface area contributed by atoms with Crippen molar-refractivity contribution in [2.45, 2.75) is 13.5 Å². The molecule has 3 heterocycles. The van der Waals surface area contributed by atoms with E-state index in [-0.39, 0.29) is 18.4 Å². The largest absolute Gasteiger partial charge is 0.495 e. The summed E-state index contributed by atoms with van der Waals surface area (Å²) in [5.41, 5.74) is 2.87. The molecule has 0 atom stereocenters. The number of hydrogen-bond donors (Lipinski definition) is 2. The molecule has 11 nitrogen and oxygen atoms in total. The Morgan fingerprint density at radius 1 is 1.13 bits per heavy atom. The van der Waals surface area contributed by atoms with Gasteiger partial charge in [0.25, 0.3) is 11.8 Å². The van der Waals surface area contributed by atoms with Gasteiger partial charge in [0.15, 0.2) is 23.9 Å². The van der Waals surface area contributed by atoms with E-state index >= 15 is 0 Å². The fourth-order valence-corrected chi connectivity index (χ4v) is 4.63. The number of nitrogens with zero attached hydrogens (tertiary/aromatic N) is 4. The SMILES string of the molecule is CCOc1cc(-c2nccc(-c3cc4n(n3)CCNC4=O)n2)cc(Br)c1OCC(=O)Nc1ccccc1OC. The number of carbonyl (C=O) groups is 2. The Bertz CT molecular complexity index is 1540. The van der Waals surface area contributed by atoms with Gasteiger partial charge in [-0.2, -0.15) is 5.10 Å². The lowest BCUT2D eigenvalue weighted by Crippen LogP contribution is -2.35. The molecule has 39 heavy (non-hydrogen) atoms. The molecule has 2 amide bonds. The van der Waals surface area contributed by atoms with E-state index in [2.05, 4.69) is 41.6 Å². The average molecular weight is 593 g/mol. The molecule has 1 aliphatic heterocycles. The molecular formula is C27H25BrN6O5. The monoisotopic (exact) mass is 592 g/mol. The van der Waals surface area contributed by atoms with Crippen LogP contribution in [0.1, 0.15) is 17.4 Å². The highest BCUT2D eigenvalue weighted by molar-refractivity contribution is 9.10. The molecule has 0 radical (unpaired) electrons. The van der Waals surface area contributed by atoms with Crippen molar-refractivity contribution in [1.29, 1.82) is 0 Å². The number of halogens is 1. The van der Waals surface area contributed by atoms with E-state index in [1.165, 1.54) is 7.11 Å². The number of anilines is 1. The maximum Gasteiger partial charge on any atom is 0.269 e. The van der Waals surface area contributed by atoms with E-state index in [9.17, 15) is 9.59 Å². The van der Waals surface area contributed by atoms with Gasteiger partial charge in [-0.1, -0.05) is 12.1 Å². The van der Waals surface area contributed by atoms with Crippen molar-refractivity contribution in [1.82, 2.24) is 25.1 Å². The summed E-state index contributed by atoms with van der Waals surface area (Å²) in [5.74, 6) is 1.27. The van der Waals surface area contributed by atoms with Crippen molar-refractivity contribution >= 4 is 33.4 Å². The lowest BCUT2D eigenvalue weighted by Gasteiger charge is -2.16. The van der Waals surface area contributed by atoms with Gasteiger partial charge in [-0.25, -0.2) is 9.97 Å². The molecule has 200 valence electrons. The van der Waals surface area contributed by atoms with Crippen molar-refractivity contribution in [3.8, 4) is 40.0 Å². The average Bonchev–Trinajstić information content (AvgIpc) is 3.39. The van der Waals surface area contributed by atoms with Gasteiger partial charge in [0, 0.05) is 18.3 Å². The highest BCUT2D eigenvalue weighted by atomic mass is 79.9. The minimum absolute atomic E-state index is 0.160. The fourth-order valence-electron chi connectivity index (χ4n) is 4.07. The Labute approximate surface area is 232 Å². The molecule has 0 aliphatic carbocycles. The van der Waals surface area contributed by atoms with Gasteiger partial charge in [0.2, 0.25) is 0 Å². The number of benzene rings is 2. The van der Waals surface area contributed by atoms with Crippen LogP contribution >= 0.6 is 15.9 Å². The van der Waals surface area contributed by atoms with E-state index in [0.29, 0.717) is 75.6 Å². The minimum Gasteiger partial charge on any atom is -0.495 e. The third kappa shape index (κ3) is 5.70. The summed E-state index contributed by atoms with van der Waals surface area (Å²) < 4.78 is 19.2. The van der Waals surface area contributed by atoms with Crippen LogP contribution in [-0.4, -0.2) is 58.4 Å². The standard InChI is InChI=1S/C27H25BrN6O5/c1-3-38-23-13-16(12-17(28)25(23)39-15-24(35)31-19-6-4-5-7-22(19)37-2)26-29-9-8-18(32-26)20-14-21-27(36)30-10-11-34(21)33-20/h4-9,12-14H,3,10-11,15H2,1-2H3,(H,30,36)(H,31,35). The van der Waals surface area contributed by atoms with Gasteiger partial charge >= 0.3 is 0 Å². The molecule has 0 saturated heterocycles. The van der Waals surface area contributed by atoms with E-state index in [1.807, 2.05) is 13.0 Å². The number of methoxy groups -OCH3 is 1. The number of ether oxygens (including phenoxy) is 3.